The van der Waals surface area contributed by atoms with Gasteiger partial charge in [-0.3, -0.25) is 4.79 Å². The Kier molecular flexibility index (Phi) is 9.78. The first-order valence-electron chi connectivity index (χ1n) is 7.06. The summed E-state index contributed by atoms with van der Waals surface area (Å²) < 4.78 is 0. The zero-order valence-corrected chi connectivity index (χ0v) is 13.0. The molecule has 1 nitrogen and oxygen atoms in total. The van der Waals surface area contributed by atoms with Gasteiger partial charge in [0.05, 0.1) is 0 Å². The van der Waals surface area contributed by atoms with Crippen molar-refractivity contribution in [3.05, 3.63) is 47.6 Å². The average Bonchev–Trinajstić information content (AvgIpc) is 2.27. The van der Waals surface area contributed by atoms with Crippen LogP contribution in [0, 0.1) is 0 Å². The summed E-state index contributed by atoms with van der Waals surface area (Å²) in [6, 6.07) is 0. The second-order valence-electron chi connectivity index (χ2n) is 5.47. The Labute approximate surface area is 118 Å². The van der Waals surface area contributed by atoms with Gasteiger partial charge in [0.1, 0.15) is 0 Å². The lowest BCUT2D eigenvalue weighted by Gasteiger charge is -1.97. The van der Waals surface area contributed by atoms with Crippen LogP contribution in [0.25, 0.3) is 0 Å². The molecular formula is C18H28O. The zero-order valence-electron chi connectivity index (χ0n) is 13.0. The van der Waals surface area contributed by atoms with E-state index in [1.54, 1.807) is 6.08 Å². The first kappa shape index (κ1) is 17.6. The molecule has 0 aliphatic carbocycles. The summed E-state index contributed by atoms with van der Waals surface area (Å²) in [6.07, 6.45) is 12.4. The van der Waals surface area contributed by atoms with E-state index >= 15 is 0 Å². The lowest BCUT2D eigenvalue weighted by atomic mass is 10.1. The maximum absolute atomic E-state index is 11.6. The molecule has 0 aliphatic heterocycles. The molecule has 0 rings (SSSR count). The first-order chi connectivity index (χ1) is 8.91. The third-order valence-corrected chi connectivity index (χ3v) is 2.78. The van der Waals surface area contributed by atoms with E-state index in [0.717, 1.165) is 31.3 Å². The summed E-state index contributed by atoms with van der Waals surface area (Å²) in [5.41, 5.74) is 3.81. The number of hydrogen-bond acceptors (Lipinski definition) is 1. The van der Waals surface area contributed by atoms with Gasteiger partial charge in [-0.15, -0.1) is 6.58 Å². The Morgan fingerprint density at radius 1 is 1.05 bits per heavy atom. The van der Waals surface area contributed by atoms with E-state index in [1.807, 2.05) is 19.1 Å². The molecule has 0 spiro atoms. The van der Waals surface area contributed by atoms with Gasteiger partial charge in [0.25, 0.3) is 0 Å². The van der Waals surface area contributed by atoms with Crippen molar-refractivity contribution in [3.8, 4) is 0 Å². The van der Waals surface area contributed by atoms with E-state index in [-0.39, 0.29) is 5.78 Å². The highest BCUT2D eigenvalue weighted by Gasteiger charge is 1.96. The summed E-state index contributed by atoms with van der Waals surface area (Å²) in [5.74, 6) is 0.203. The van der Waals surface area contributed by atoms with Crippen molar-refractivity contribution in [3.63, 3.8) is 0 Å². The molecule has 0 radical (unpaired) electrons. The van der Waals surface area contributed by atoms with Gasteiger partial charge < -0.3 is 0 Å². The van der Waals surface area contributed by atoms with Crippen LogP contribution in [0.2, 0.25) is 0 Å². The predicted molar refractivity (Wildman–Crippen MR) is 85.2 cm³/mol. The van der Waals surface area contributed by atoms with Crippen LogP contribution in [0.1, 0.15) is 59.8 Å². The molecule has 0 heterocycles. The van der Waals surface area contributed by atoms with Crippen LogP contribution in [0.3, 0.4) is 0 Å². The molecule has 1 heteroatoms. The van der Waals surface area contributed by atoms with E-state index in [0.29, 0.717) is 6.42 Å². The van der Waals surface area contributed by atoms with Gasteiger partial charge in [0.15, 0.2) is 5.78 Å². The highest BCUT2D eigenvalue weighted by atomic mass is 16.1. The zero-order chi connectivity index (χ0) is 14.7. The van der Waals surface area contributed by atoms with Gasteiger partial charge in [-0.1, -0.05) is 34.9 Å². The fourth-order valence-corrected chi connectivity index (χ4v) is 1.64. The van der Waals surface area contributed by atoms with Crippen LogP contribution in [0.5, 0.6) is 0 Å². The molecule has 0 amide bonds. The Balaban J connectivity index is 3.94. The molecule has 0 bridgehead atoms. The predicted octanol–water partition coefficient (Wildman–Crippen LogP) is 5.55. The maximum Gasteiger partial charge on any atom is 0.155 e. The lowest BCUT2D eigenvalue weighted by Crippen LogP contribution is -1.92. The van der Waals surface area contributed by atoms with Gasteiger partial charge >= 0.3 is 0 Å². The van der Waals surface area contributed by atoms with E-state index in [2.05, 4.69) is 33.4 Å². The minimum absolute atomic E-state index is 0.203. The van der Waals surface area contributed by atoms with Crippen molar-refractivity contribution in [2.75, 3.05) is 0 Å². The number of allylic oxidation sites excluding steroid dienone is 7. The molecule has 0 atom stereocenters. The average molecular weight is 260 g/mol. The summed E-state index contributed by atoms with van der Waals surface area (Å²) in [4.78, 5) is 11.6. The second-order valence-corrected chi connectivity index (χ2v) is 5.47. The van der Waals surface area contributed by atoms with Gasteiger partial charge in [-0.05, 0) is 59.5 Å². The molecule has 0 aromatic heterocycles. The summed E-state index contributed by atoms with van der Waals surface area (Å²) in [7, 11) is 0. The van der Waals surface area contributed by atoms with Gasteiger partial charge in [0.2, 0.25) is 0 Å². The third kappa shape index (κ3) is 12.9. The second kappa shape index (κ2) is 10.5. The van der Waals surface area contributed by atoms with E-state index in [1.165, 1.54) is 11.1 Å². The molecule has 0 aliphatic rings. The third-order valence-electron chi connectivity index (χ3n) is 2.78. The largest absolute Gasteiger partial charge is 0.295 e. The first-order valence-corrected chi connectivity index (χ1v) is 7.06. The Hall–Kier alpha value is -1.37. The number of rotatable bonds is 9. The highest BCUT2D eigenvalue weighted by Crippen LogP contribution is 2.07. The maximum atomic E-state index is 11.6. The van der Waals surface area contributed by atoms with E-state index in [4.69, 9.17) is 0 Å². The van der Waals surface area contributed by atoms with Crippen molar-refractivity contribution in [1.29, 1.82) is 0 Å². The summed E-state index contributed by atoms with van der Waals surface area (Å²) in [6.45, 7) is 12.2. The summed E-state index contributed by atoms with van der Waals surface area (Å²) in [5, 5.41) is 0. The Morgan fingerprint density at radius 2 is 1.74 bits per heavy atom. The van der Waals surface area contributed by atoms with Crippen LogP contribution in [-0.4, -0.2) is 5.78 Å². The lowest BCUT2D eigenvalue weighted by molar-refractivity contribution is -0.114. The molecule has 0 aromatic carbocycles. The quantitative estimate of drug-likeness (QED) is 0.302. The van der Waals surface area contributed by atoms with Gasteiger partial charge in [0, 0.05) is 6.42 Å². The number of carbonyl (C=O) groups is 1. The molecule has 0 aromatic rings. The van der Waals surface area contributed by atoms with Crippen molar-refractivity contribution in [2.24, 2.45) is 0 Å². The monoisotopic (exact) mass is 260 g/mol. The molecular weight excluding hydrogens is 232 g/mol. The van der Waals surface area contributed by atoms with Crippen LogP contribution in [0.15, 0.2) is 47.6 Å². The van der Waals surface area contributed by atoms with Crippen LogP contribution in [0.4, 0.5) is 0 Å². The molecule has 0 fully saturated rings. The standard InChI is InChI=1S/C18H28O/c1-15(2)9-6-11-17(5)12-8-14-18(19)13-7-10-16(3)4/h8-9,12,14H,3,6-7,10-11,13H2,1-2,4-5H3. The number of hydrogen-bond donors (Lipinski definition) is 0. The molecule has 19 heavy (non-hydrogen) atoms. The minimum atomic E-state index is 0.203. The highest BCUT2D eigenvalue weighted by molar-refractivity contribution is 5.89. The number of carbonyl (C=O) groups excluding carboxylic acids is 1. The molecule has 0 saturated carbocycles. The number of ketones is 1. The molecule has 0 saturated heterocycles. The van der Waals surface area contributed by atoms with Crippen molar-refractivity contribution >= 4 is 5.78 Å². The fourth-order valence-electron chi connectivity index (χ4n) is 1.64. The van der Waals surface area contributed by atoms with E-state index < -0.39 is 0 Å². The van der Waals surface area contributed by atoms with Crippen LogP contribution < -0.4 is 0 Å². The van der Waals surface area contributed by atoms with Crippen molar-refractivity contribution in [2.45, 2.75) is 59.8 Å². The summed E-state index contributed by atoms with van der Waals surface area (Å²) >= 11 is 0. The Morgan fingerprint density at radius 3 is 2.32 bits per heavy atom. The van der Waals surface area contributed by atoms with Crippen LogP contribution in [-0.2, 0) is 4.79 Å². The normalized spacial score (nSPS) is 11.7. The van der Waals surface area contributed by atoms with Gasteiger partial charge in [-0.25, -0.2) is 0 Å². The van der Waals surface area contributed by atoms with Crippen molar-refractivity contribution in [1.82, 2.24) is 0 Å². The Bertz CT molecular complexity index is 376. The molecule has 106 valence electrons. The van der Waals surface area contributed by atoms with Crippen LogP contribution >= 0.6 is 0 Å². The van der Waals surface area contributed by atoms with Gasteiger partial charge in [-0.2, -0.15) is 0 Å². The molecule has 0 N–H and O–H groups in total. The topological polar surface area (TPSA) is 17.1 Å². The SMILES string of the molecule is C=C(C)CCCC(=O)C=CC=C(C)CCC=C(C)C. The smallest absolute Gasteiger partial charge is 0.155 e. The minimum Gasteiger partial charge on any atom is -0.295 e. The van der Waals surface area contributed by atoms with Crippen molar-refractivity contribution < 1.29 is 4.79 Å². The molecule has 0 unspecified atom stereocenters. The fraction of sp³-hybridized carbons (Fsp3) is 0.500. The van der Waals surface area contributed by atoms with E-state index in [9.17, 15) is 4.79 Å².